The summed E-state index contributed by atoms with van der Waals surface area (Å²) in [5.41, 5.74) is 2.71. The quantitative estimate of drug-likeness (QED) is 0.854. The standard InChI is InChI=1S/C22H26N2O3/c1-16-6-8-17(9-7-16)10-11-21(26)23-18-12-14-24(15-13-18)22(27)19-4-2-3-5-20(19)25/h2-9,18,25H,10-15H2,1H3,(H,23,26). The van der Waals surface area contributed by atoms with Crippen molar-refractivity contribution in [3.63, 3.8) is 0 Å². The lowest BCUT2D eigenvalue weighted by atomic mass is 10.0. The van der Waals surface area contributed by atoms with E-state index in [1.807, 2.05) is 6.92 Å². The minimum atomic E-state index is -0.155. The molecule has 0 aliphatic carbocycles. The highest BCUT2D eigenvalue weighted by Crippen LogP contribution is 2.20. The SMILES string of the molecule is Cc1ccc(CCC(=O)NC2CCN(C(=O)c3ccccc3O)CC2)cc1. The average molecular weight is 366 g/mol. The van der Waals surface area contributed by atoms with E-state index in [0.29, 0.717) is 25.1 Å². The lowest BCUT2D eigenvalue weighted by Crippen LogP contribution is -2.46. The molecular formula is C22H26N2O3. The van der Waals surface area contributed by atoms with Crippen molar-refractivity contribution in [1.29, 1.82) is 0 Å². The summed E-state index contributed by atoms with van der Waals surface area (Å²) in [6.45, 7) is 3.21. The van der Waals surface area contributed by atoms with Gasteiger partial charge in [0.05, 0.1) is 5.56 Å². The van der Waals surface area contributed by atoms with Crippen LogP contribution in [0.15, 0.2) is 48.5 Å². The van der Waals surface area contributed by atoms with E-state index in [0.717, 1.165) is 19.3 Å². The van der Waals surface area contributed by atoms with Gasteiger partial charge in [-0.3, -0.25) is 9.59 Å². The normalized spacial score (nSPS) is 14.8. The highest BCUT2D eigenvalue weighted by Gasteiger charge is 2.25. The van der Waals surface area contributed by atoms with Crippen molar-refractivity contribution < 1.29 is 14.7 Å². The maximum atomic E-state index is 12.5. The van der Waals surface area contributed by atoms with Gasteiger partial charge < -0.3 is 15.3 Å². The van der Waals surface area contributed by atoms with Crippen LogP contribution >= 0.6 is 0 Å². The molecule has 0 unspecified atom stereocenters. The van der Waals surface area contributed by atoms with Gasteiger partial charge in [-0.25, -0.2) is 0 Å². The molecule has 0 aromatic heterocycles. The number of hydrogen-bond acceptors (Lipinski definition) is 3. The van der Waals surface area contributed by atoms with Gasteiger partial charge in [0, 0.05) is 25.6 Å². The Morgan fingerprint density at radius 2 is 1.74 bits per heavy atom. The largest absolute Gasteiger partial charge is 0.507 e. The molecule has 2 aromatic carbocycles. The first-order chi connectivity index (χ1) is 13.0. The number of aryl methyl sites for hydroxylation is 2. The van der Waals surface area contributed by atoms with Gasteiger partial charge in [-0.05, 0) is 43.9 Å². The summed E-state index contributed by atoms with van der Waals surface area (Å²) < 4.78 is 0. The van der Waals surface area contributed by atoms with Gasteiger partial charge in [0.25, 0.3) is 5.91 Å². The van der Waals surface area contributed by atoms with Gasteiger partial charge >= 0.3 is 0 Å². The van der Waals surface area contributed by atoms with E-state index in [-0.39, 0.29) is 23.6 Å². The molecule has 0 atom stereocenters. The van der Waals surface area contributed by atoms with Crippen molar-refractivity contribution in [2.75, 3.05) is 13.1 Å². The number of likely N-dealkylation sites (tertiary alicyclic amines) is 1. The van der Waals surface area contributed by atoms with Crippen molar-refractivity contribution in [2.24, 2.45) is 0 Å². The number of phenols is 1. The Labute approximate surface area is 160 Å². The molecule has 1 heterocycles. The molecule has 0 radical (unpaired) electrons. The molecule has 2 N–H and O–H groups in total. The monoisotopic (exact) mass is 366 g/mol. The molecule has 0 bridgehead atoms. The minimum Gasteiger partial charge on any atom is -0.507 e. The molecule has 3 rings (SSSR count). The summed E-state index contributed by atoms with van der Waals surface area (Å²) in [5.74, 6) is -0.0904. The fourth-order valence-corrected chi connectivity index (χ4v) is 3.36. The van der Waals surface area contributed by atoms with E-state index in [4.69, 9.17) is 0 Å². The molecule has 0 spiro atoms. The van der Waals surface area contributed by atoms with Crippen LogP contribution in [-0.4, -0.2) is 41.0 Å². The summed E-state index contributed by atoms with van der Waals surface area (Å²) in [6.07, 6.45) is 2.67. The van der Waals surface area contributed by atoms with Crippen molar-refractivity contribution >= 4 is 11.8 Å². The lowest BCUT2D eigenvalue weighted by molar-refractivity contribution is -0.122. The van der Waals surface area contributed by atoms with Crippen LogP contribution in [0.1, 0.15) is 40.7 Å². The fourth-order valence-electron chi connectivity index (χ4n) is 3.36. The van der Waals surface area contributed by atoms with Crippen LogP contribution in [0, 0.1) is 6.92 Å². The summed E-state index contributed by atoms with van der Waals surface area (Å²) in [7, 11) is 0. The molecule has 2 aromatic rings. The first kappa shape index (κ1) is 19.0. The van der Waals surface area contributed by atoms with E-state index in [1.54, 1.807) is 23.1 Å². The number of para-hydroxylation sites is 1. The Morgan fingerprint density at radius 1 is 1.07 bits per heavy atom. The number of piperidine rings is 1. The molecule has 0 saturated carbocycles. The van der Waals surface area contributed by atoms with Crippen LogP contribution in [0.3, 0.4) is 0 Å². The highest BCUT2D eigenvalue weighted by molar-refractivity contribution is 5.96. The van der Waals surface area contributed by atoms with Crippen LogP contribution in [0.4, 0.5) is 0 Å². The molecular weight excluding hydrogens is 340 g/mol. The minimum absolute atomic E-state index is 0.00836. The van der Waals surface area contributed by atoms with Gasteiger partial charge in [0.15, 0.2) is 0 Å². The zero-order valence-electron chi connectivity index (χ0n) is 15.6. The molecule has 1 saturated heterocycles. The Bertz CT molecular complexity index is 793. The lowest BCUT2D eigenvalue weighted by Gasteiger charge is -2.32. The smallest absolute Gasteiger partial charge is 0.257 e. The Kier molecular flexibility index (Phi) is 6.12. The second-order valence-corrected chi connectivity index (χ2v) is 7.14. The predicted octanol–water partition coefficient (Wildman–Crippen LogP) is 3.05. The van der Waals surface area contributed by atoms with Gasteiger partial charge in [-0.1, -0.05) is 42.0 Å². The number of nitrogens with one attached hydrogen (secondary N) is 1. The molecule has 1 fully saturated rings. The molecule has 27 heavy (non-hydrogen) atoms. The van der Waals surface area contributed by atoms with Crippen molar-refractivity contribution in [3.05, 3.63) is 65.2 Å². The van der Waals surface area contributed by atoms with Crippen LogP contribution in [0.5, 0.6) is 5.75 Å². The molecule has 5 nitrogen and oxygen atoms in total. The number of amides is 2. The predicted molar refractivity (Wildman–Crippen MR) is 105 cm³/mol. The number of phenolic OH excluding ortho intramolecular Hbond substituents is 1. The summed E-state index contributed by atoms with van der Waals surface area (Å²) in [4.78, 5) is 26.5. The number of carbonyl (C=O) groups is 2. The molecule has 5 heteroatoms. The summed E-state index contributed by atoms with van der Waals surface area (Å²) in [5, 5.41) is 12.9. The van der Waals surface area contributed by atoms with E-state index in [9.17, 15) is 14.7 Å². The summed E-state index contributed by atoms with van der Waals surface area (Å²) in [6, 6.07) is 14.9. The van der Waals surface area contributed by atoms with Crippen molar-refractivity contribution in [1.82, 2.24) is 10.2 Å². The Balaban J connectivity index is 1.43. The van der Waals surface area contributed by atoms with Gasteiger partial charge in [0.2, 0.25) is 5.91 Å². The third kappa shape index (κ3) is 5.09. The molecule has 142 valence electrons. The van der Waals surface area contributed by atoms with E-state index in [1.165, 1.54) is 17.2 Å². The Hall–Kier alpha value is -2.82. The number of benzene rings is 2. The van der Waals surface area contributed by atoms with Crippen LogP contribution in [-0.2, 0) is 11.2 Å². The zero-order chi connectivity index (χ0) is 19.2. The third-order valence-corrected chi connectivity index (χ3v) is 5.04. The third-order valence-electron chi connectivity index (χ3n) is 5.04. The van der Waals surface area contributed by atoms with Crippen LogP contribution in [0.25, 0.3) is 0 Å². The maximum Gasteiger partial charge on any atom is 0.257 e. The number of hydrogen-bond donors (Lipinski definition) is 2. The average Bonchev–Trinajstić information content (AvgIpc) is 2.68. The van der Waals surface area contributed by atoms with Crippen LogP contribution < -0.4 is 5.32 Å². The van der Waals surface area contributed by atoms with Crippen molar-refractivity contribution in [2.45, 2.75) is 38.6 Å². The molecule has 1 aliphatic rings. The zero-order valence-corrected chi connectivity index (χ0v) is 15.6. The second-order valence-electron chi connectivity index (χ2n) is 7.14. The first-order valence-electron chi connectivity index (χ1n) is 9.45. The molecule has 2 amide bonds. The van der Waals surface area contributed by atoms with Crippen molar-refractivity contribution in [3.8, 4) is 5.75 Å². The number of rotatable bonds is 5. The summed E-state index contributed by atoms with van der Waals surface area (Å²) >= 11 is 0. The highest BCUT2D eigenvalue weighted by atomic mass is 16.3. The first-order valence-corrected chi connectivity index (χ1v) is 9.45. The maximum absolute atomic E-state index is 12.5. The number of aromatic hydroxyl groups is 1. The number of carbonyl (C=O) groups excluding carboxylic acids is 2. The molecule has 1 aliphatic heterocycles. The van der Waals surface area contributed by atoms with Gasteiger partial charge in [-0.2, -0.15) is 0 Å². The van der Waals surface area contributed by atoms with Crippen LogP contribution in [0.2, 0.25) is 0 Å². The second kappa shape index (κ2) is 8.71. The van der Waals surface area contributed by atoms with Gasteiger partial charge in [-0.15, -0.1) is 0 Å². The number of nitrogens with zero attached hydrogens (tertiary/aromatic N) is 1. The topological polar surface area (TPSA) is 69.6 Å². The van der Waals surface area contributed by atoms with E-state index < -0.39 is 0 Å². The van der Waals surface area contributed by atoms with E-state index in [2.05, 4.69) is 29.6 Å². The fraction of sp³-hybridized carbons (Fsp3) is 0.364. The van der Waals surface area contributed by atoms with E-state index >= 15 is 0 Å². The Morgan fingerprint density at radius 3 is 2.41 bits per heavy atom. The van der Waals surface area contributed by atoms with Gasteiger partial charge in [0.1, 0.15) is 5.75 Å².